The second-order valence-corrected chi connectivity index (χ2v) is 5.33. The summed E-state index contributed by atoms with van der Waals surface area (Å²) in [6.45, 7) is 7.21. The van der Waals surface area contributed by atoms with Gasteiger partial charge < -0.3 is 4.98 Å². The maximum atomic E-state index is 11.8. The van der Waals surface area contributed by atoms with Crippen LogP contribution >= 0.6 is 0 Å². The average molecular weight is 248 g/mol. The number of aryl methyl sites for hydroxylation is 1. The van der Waals surface area contributed by atoms with Gasteiger partial charge in [0.2, 0.25) is 11.9 Å². The first-order valence-corrected chi connectivity index (χ1v) is 5.68. The van der Waals surface area contributed by atoms with Gasteiger partial charge in [-0.05, 0) is 13.0 Å². The molecule has 0 aliphatic heterocycles. The molecule has 3 N–H and O–H groups in total. The van der Waals surface area contributed by atoms with Gasteiger partial charge in [0.15, 0.2) is 0 Å². The molecule has 0 atom stereocenters. The lowest BCUT2D eigenvalue weighted by molar-refractivity contribution is -0.123. The molecule has 18 heavy (non-hydrogen) atoms. The van der Waals surface area contributed by atoms with Gasteiger partial charge in [0.1, 0.15) is 5.65 Å². The van der Waals surface area contributed by atoms with Crippen molar-refractivity contribution in [3.63, 3.8) is 0 Å². The summed E-state index contributed by atoms with van der Waals surface area (Å²) in [4.78, 5) is 33.3. The Morgan fingerprint density at radius 2 is 2.00 bits per heavy atom. The highest BCUT2D eigenvalue weighted by Gasteiger charge is 2.22. The molecule has 0 spiro atoms. The first-order valence-electron chi connectivity index (χ1n) is 5.68. The van der Waals surface area contributed by atoms with E-state index in [4.69, 9.17) is 0 Å². The summed E-state index contributed by atoms with van der Waals surface area (Å²) >= 11 is 0. The number of rotatable bonds is 1. The van der Waals surface area contributed by atoms with Crippen molar-refractivity contribution < 1.29 is 4.79 Å². The average Bonchev–Trinajstić information content (AvgIpc) is 2.57. The standard InChI is InChI=1S/C12H16N4O2/c1-6-5-7-8(13-6)14-11(15-9(7)17)16-10(18)12(2,3)4/h5H,1-4H3,(H3,13,14,15,16,17,18). The van der Waals surface area contributed by atoms with Gasteiger partial charge in [0.25, 0.3) is 5.56 Å². The summed E-state index contributed by atoms with van der Waals surface area (Å²) < 4.78 is 0. The van der Waals surface area contributed by atoms with Gasteiger partial charge in [-0.25, -0.2) is 0 Å². The Labute approximate surface area is 104 Å². The van der Waals surface area contributed by atoms with E-state index >= 15 is 0 Å². The molecular formula is C12H16N4O2. The summed E-state index contributed by atoms with van der Waals surface area (Å²) in [5.41, 5.74) is 0.510. The van der Waals surface area contributed by atoms with E-state index in [9.17, 15) is 9.59 Å². The van der Waals surface area contributed by atoms with Crippen LogP contribution in [0.4, 0.5) is 5.95 Å². The number of hydrogen-bond acceptors (Lipinski definition) is 3. The Bertz CT molecular complexity index is 661. The van der Waals surface area contributed by atoms with Gasteiger partial charge >= 0.3 is 0 Å². The lowest BCUT2D eigenvalue weighted by atomic mass is 9.96. The highest BCUT2D eigenvalue weighted by atomic mass is 16.2. The van der Waals surface area contributed by atoms with Crippen molar-refractivity contribution in [2.45, 2.75) is 27.7 Å². The minimum Gasteiger partial charge on any atom is -0.343 e. The molecule has 96 valence electrons. The van der Waals surface area contributed by atoms with Crippen molar-refractivity contribution >= 4 is 22.9 Å². The summed E-state index contributed by atoms with van der Waals surface area (Å²) in [6, 6.07) is 1.72. The van der Waals surface area contributed by atoms with E-state index in [1.165, 1.54) is 0 Å². The molecule has 0 unspecified atom stereocenters. The topological polar surface area (TPSA) is 90.6 Å². The van der Waals surface area contributed by atoms with Crippen LogP contribution in [0.25, 0.3) is 11.0 Å². The van der Waals surface area contributed by atoms with Crippen LogP contribution in [-0.4, -0.2) is 20.9 Å². The SMILES string of the molecule is Cc1cc2c(=O)[nH]c(NC(=O)C(C)(C)C)nc2[nH]1. The highest BCUT2D eigenvalue weighted by Crippen LogP contribution is 2.16. The molecule has 0 saturated carbocycles. The van der Waals surface area contributed by atoms with E-state index in [0.29, 0.717) is 11.0 Å². The molecule has 6 heteroatoms. The van der Waals surface area contributed by atoms with Gasteiger partial charge in [-0.3, -0.25) is 19.9 Å². The predicted octanol–water partition coefficient (Wildman–Crippen LogP) is 1.54. The minimum absolute atomic E-state index is 0.161. The van der Waals surface area contributed by atoms with Crippen molar-refractivity contribution in [2.75, 3.05) is 5.32 Å². The maximum Gasteiger partial charge on any atom is 0.261 e. The fraction of sp³-hybridized carbons (Fsp3) is 0.417. The molecule has 0 bridgehead atoms. The summed E-state index contributed by atoms with van der Waals surface area (Å²) in [5, 5.41) is 3.09. The second kappa shape index (κ2) is 3.97. The Hall–Kier alpha value is -2.11. The summed E-state index contributed by atoms with van der Waals surface area (Å²) in [6.07, 6.45) is 0. The number of aromatic amines is 2. The van der Waals surface area contributed by atoms with Crippen LogP contribution in [-0.2, 0) is 4.79 Å². The van der Waals surface area contributed by atoms with Gasteiger partial charge in [0, 0.05) is 11.1 Å². The molecule has 0 radical (unpaired) electrons. The largest absolute Gasteiger partial charge is 0.343 e. The highest BCUT2D eigenvalue weighted by molar-refractivity contribution is 5.93. The molecule has 2 rings (SSSR count). The van der Waals surface area contributed by atoms with Crippen molar-refractivity contribution in [3.8, 4) is 0 Å². The van der Waals surface area contributed by atoms with Crippen LogP contribution in [0.15, 0.2) is 10.9 Å². The minimum atomic E-state index is -0.542. The molecule has 0 saturated heterocycles. The Balaban J connectivity index is 2.41. The monoisotopic (exact) mass is 248 g/mol. The third kappa shape index (κ3) is 2.27. The zero-order valence-electron chi connectivity index (χ0n) is 10.8. The number of fused-ring (bicyclic) bond motifs is 1. The van der Waals surface area contributed by atoms with Gasteiger partial charge in [-0.15, -0.1) is 0 Å². The predicted molar refractivity (Wildman–Crippen MR) is 69.5 cm³/mol. The molecule has 1 amide bonds. The van der Waals surface area contributed by atoms with Crippen LogP contribution in [0.2, 0.25) is 0 Å². The van der Waals surface area contributed by atoms with Gasteiger partial charge in [-0.1, -0.05) is 20.8 Å². The zero-order valence-corrected chi connectivity index (χ0v) is 10.8. The van der Waals surface area contributed by atoms with Gasteiger partial charge in [0.05, 0.1) is 5.39 Å². The molecule has 0 aromatic carbocycles. The van der Waals surface area contributed by atoms with Crippen molar-refractivity contribution in [1.29, 1.82) is 0 Å². The Morgan fingerprint density at radius 1 is 1.33 bits per heavy atom. The number of aromatic nitrogens is 3. The van der Waals surface area contributed by atoms with E-state index in [1.54, 1.807) is 26.8 Å². The lowest BCUT2D eigenvalue weighted by Crippen LogP contribution is -2.29. The van der Waals surface area contributed by atoms with E-state index in [0.717, 1.165) is 5.69 Å². The quantitative estimate of drug-likeness (QED) is 0.715. The summed E-state index contributed by atoms with van der Waals surface area (Å²) in [7, 11) is 0. The first kappa shape index (κ1) is 12.3. The Kier molecular flexibility index (Phi) is 2.73. The molecular weight excluding hydrogens is 232 g/mol. The number of carbonyl (C=O) groups excluding carboxylic acids is 1. The molecule has 0 aliphatic carbocycles. The number of carbonyl (C=O) groups is 1. The fourth-order valence-electron chi connectivity index (χ4n) is 1.51. The van der Waals surface area contributed by atoms with Crippen LogP contribution in [0.5, 0.6) is 0 Å². The number of nitrogens with one attached hydrogen (secondary N) is 3. The number of nitrogens with zero attached hydrogens (tertiary/aromatic N) is 1. The van der Waals surface area contributed by atoms with Crippen molar-refractivity contribution in [2.24, 2.45) is 5.41 Å². The van der Waals surface area contributed by atoms with E-state index in [1.807, 2.05) is 6.92 Å². The number of H-pyrrole nitrogens is 2. The van der Waals surface area contributed by atoms with Gasteiger partial charge in [-0.2, -0.15) is 4.98 Å². The normalized spacial score (nSPS) is 11.8. The molecule has 2 aromatic rings. The number of amides is 1. The van der Waals surface area contributed by atoms with Crippen LogP contribution in [0, 0.1) is 12.3 Å². The van der Waals surface area contributed by atoms with E-state index in [-0.39, 0.29) is 17.4 Å². The smallest absolute Gasteiger partial charge is 0.261 e. The van der Waals surface area contributed by atoms with E-state index in [2.05, 4.69) is 20.3 Å². The summed E-state index contributed by atoms with van der Waals surface area (Å²) in [5.74, 6) is -0.0393. The molecule has 0 aliphatic rings. The molecule has 2 heterocycles. The van der Waals surface area contributed by atoms with Crippen LogP contribution in [0.1, 0.15) is 26.5 Å². The second-order valence-electron chi connectivity index (χ2n) is 5.33. The lowest BCUT2D eigenvalue weighted by Gasteiger charge is -2.16. The van der Waals surface area contributed by atoms with E-state index < -0.39 is 5.41 Å². The fourth-order valence-corrected chi connectivity index (χ4v) is 1.51. The third-order valence-electron chi connectivity index (χ3n) is 2.54. The van der Waals surface area contributed by atoms with Crippen LogP contribution in [0.3, 0.4) is 0 Å². The maximum absolute atomic E-state index is 11.8. The van der Waals surface area contributed by atoms with Crippen molar-refractivity contribution in [3.05, 3.63) is 22.1 Å². The molecule has 0 fully saturated rings. The molecule has 6 nitrogen and oxygen atoms in total. The molecule has 2 aromatic heterocycles. The Morgan fingerprint density at radius 3 is 2.61 bits per heavy atom. The third-order valence-corrected chi connectivity index (χ3v) is 2.54. The zero-order chi connectivity index (χ0) is 13.5. The van der Waals surface area contributed by atoms with Crippen molar-refractivity contribution in [1.82, 2.24) is 15.0 Å². The first-order chi connectivity index (χ1) is 8.27. The van der Waals surface area contributed by atoms with Crippen LogP contribution < -0.4 is 10.9 Å². The number of anilines is 1. The number of hydrogen-bond donors (Lipinski definition) is 3.